The van der Waals surface area contributed by atoms with E-state index >= 15 is 0 Å². The molecule has 2 heterocycles. The zero-order chi connectivity index (χ0) is 10.1. The van der Waals surface area contributed by atoms with E-state index in [4.69, 9.17) is 5.11 Å². The second kappa shape index (κ2) is 3.57. The van der Waals surface area contributed by atoms with Gasteiger partial charge >= 0.3 is 6.09 Å². The summed E-state index contributed by atoms with van der Waals surface area (Å²) >= 11 is 3.43. The van der Waals surface area contributed by atoms with Crippen molar-refractivity contribution in [1.82, 2.24) is 9.88 Å². The van der Waals surface area contributed by atoms with E-state index in [1.807, 2.05) is 6.07 Å². The molecule has 14 heavy (non-hydrogen) atoms. The summed E-state index contributed by atoms with van der Waals surface area (Å²) in [7, 11) is 0. The van der Waals surface area contributed by atoms with Crippen LogP contribution >= 0.6 is 15.9 Å². The Morgan fingerprint density at radius 1 is 1.64 bits per heavy atom. The van der Waals surface area contributed by atoms with Gasteiger partial charge in [0.2, 0.25) is 0 Å². The number of nitrogens with zero attached hydrogens (tertiary/aromatic N) is 2. The van der Waals surface area contributed by atoms with Crippen LogP contribution in [-0.4, -0.2) is 27.6 Å². The van der Waals surface area contributed by atoms with Crippen LogP contribution in [0, 0.1) is 0 Å². The first-order valence-corrected chi connectivity index (χ1v) is 5.08. The van der Waals surface area contributed by atoms with Crippen LogP contribution in [0.4, 0.5) is 4.79 Å². The molecule has 0 saturated carbocycles. The molecule has 0 fully saturated rings. The van der Waals surface area contributed by atoms with Gasteiger partial charge < -0.3 is 10.0 Å². The van der Waals surface area contributed by atoms with Crippen LogP contribution < -0.4 is 0 Å². The lowest BCUT2D eigenvalue weighted by molar-refractivity contribution is 0.139. The normalized spacial score (nSPS) is 15.1. The fourth-order valence-corrected chi connectivity index (χ4v) is 2.12. The lowest BCUT2D eigenvalue weighted by Gasteiger charge is -2.25. The third kappa shape index (κ3) is 1.59. The number of fused-ring (bicyclic) bond motifs is 1. The lowest BCUT2D eigenvalue weighted by Crippen LogP contribution is -2.35. The van der Waals surface area contributed by atoms with Gasteiger partial charge in [-0.25, -0.2) is 4.79 Å². The maximum atomic E-state index is 10.7. The zero-order valence-electron chi connectivity index (χ0n) is 7.40. The van der Waals surface area contributed by atoms with Crippen molar-refractivity contribution in [2.75, 3.05) is 6.54 Å². The molecule has 74 valence electrons. The van der Waals surface area contributed by atoms with E-state index in [0.29, 0.717) is 13.1 Å². The van der Waals surface area contributed by atoms with Crippen molar-refractivity contribution >= 4 is 22.0 Å². The average Bonchev–Trinajstić information content (AvgIpc) is 2.17. The largest absolute Gasteiger partial charge is 0.465 e. The number of hydrogen-bond donors (Lipinski definition) is 1. The molecule has 1 aromatic rings. The summed E-state index contributed by atoms with van der Waals surface area (Å²) in [4.78, 5) is 16.3. The monoisotopic (exact) mass is 256 g/mol. The molecule has 0 saturated heterocycles. The Labute approximate surface area is 89.7 Å². The minimum atomic E-state index is -0.877. The maximum absolute atomic E-state index is 10.7. The summed E-state index contributed by atoms with van der Waals surface area (Å²) in [5.41, 5.74) is 1.98. The van der Waals surface area contributed by atoms with Crippen LogP contribution in [0.1, 0.15) is 11.3 Å². The van der Waals surface area contributed by atoms with E-state index < -0.39 is 6.09 Å². The number of rotatable bonds is 0. The van der Waals surface area contributed by atoms with E-state index in [1.54, 1.807) is 6.20 Å². The highest BCUT2D eigenvalue weighted by molar-refractivity contribution is 9.10. The molecular formula is C9H9BrN2O2. The number of hydrogen-bond acceptors (Lipinski definition) is 2. The summed E-state index contributed by atoms with van der Waals surface area (Å²) in [6.45, 7) is 0.941. The quantitative estimate of drug-likeness (QED) is 0.772. The van der Waals surface area contributed by atoms with Crippen LogP contribution in [0.3, 0.4) is 0 Å². The van der Waals surface area contributed by atoms with E-state index in [2.05, 4.69) is 20.9 Å². The molecule has 0 radical (unpaired) electrons. The predicted molar refractivity (Wildman–Crippen MR) is 54.1 cm³/mol. The zero-order valence-corrected chi connectivity index (χ0v) is 8.99. The van der Waals surface area contributed by atoms with E-state index in [-0.39, 0.29) is 0 Å². The smallest absolute Gasteiger partial charge is 0.407 e. The van der Waals surface area contributed by atoms with E-state index in [9.17, 15) is 4.79 Å². The van der Waals surface area contributed by atoms with Gasteiger partial charge in [-0.15, -0.1) is 0 Å². The summed E-state index contributed by atoms with van der Waals surface area (Å²) in [5, 5.41) is 8.82. The molecule has 0 atom stereocenters. The molecule has 4 nitrogen and oxygen atoms in total. The fraction of sp³-hybridized carbons (Fsp3) is 0.333. The third-order valence-corrected chi connectivity index (χ3v) is 3.07. The standard InChI is InChI=1S/C9H9BrN2O2/c10-7-1-3-11-8-5-12(9(13)14)4-2-6(7)8/h1,3H,2,4-5H2,(H,13,14). The van der Waals surface area contributed by atoms with Crippen molar-refractivity contribution in [1.29, 1.82) is 0 Å². The minimum absolute atomic E-state index is 0.393. The lowest BCUT2D eigenvalue weighted by atomic mass is 10.1. The topological polar surface area (TPSA) is 53.4 Å². The van der Waals surface area contributed by atoms with Gasteiger partial charge in [0.15, 0.2) is 0 Å². The highest BCUT2D eigenvalue weighted by atomic mass is 79.9. The number of carbonyl (C=O) groups is 1. The number of amides is 1. The second-order valence-electron chi connectivity index (χ2n) is 3.17. The Hall–Kier alpha value is -1.10. The molecule has 1 aromatic heterocycles. The number of aromatic nitrogens is 1. The van der Waals surface area contributed by atoms with E-state index in [1.165, 1.54) is 4.90 Å². The highest BCUT2D eigenvalue weighted by Crippen LogP contribution is 2.24. The summed E-state index contributed by atoms with van der Waals surface area (Å²) in [5.74, 6) is 0. The van der Waals surface area contributed by atoms with Crippen molar-refractivity contribution in [3.8, 4) is 0 Å². The van der Waals surface area contributed by atoms with Crippen LogP contribution in [-0.2, 0) is 13.0 Å². The van der Waals surface area contributed by atoms with Crippen molar-refractivity contribution in [2.45, 2.75) is 13.0 Å². The highest BCUT2D eigenvalue weighted by Gasteiger charge is 2.21. The summed E-state index contributed by atoms with van der Waals surface area (Å²) in [6.07, 6.45) is 1.54. The van der Waals surface area contributed by atoms with Gasteiger partial charge in [-0.3, -0.25) is 4.98 Å². The molecule has 1 aliphatic heterocycles. The predicted octanol–water partition coefficient (Wildman–Crippen LogP) is 1.88. The molecule has 1 N–H and O–H groups in total. The van der Waals surface area contributed by atoms with Gasteiger partial charge in [0.25, 0.3) is 0 Å². The molecule has 0 unspecified atom stereocenters. The fourth-order valence-electron chi connectivity index (χ4n) is 1.58. The van der Waals surface area contributed by atoms with Crippen LogP contribution in [0.25, 0.3) is 0 Å². The Morgan fingerprint density at radius 2 is 2.43 bits per heavy atom. The maximum Gasteiger partial charge on any atom is 0.407 e. The molecule has 0 bridgehead atoms. The van der Waals surface area contributed by atoms with Gasteiger partial charge in [-0.05, 0) is 18.1 Å². The van der Waals surface area contributed by atoms with Crippen LogP contribution in [0.15, 0.2) is 16.7 Å². The Bertz CT molecular complexity index is 381. The molecular weight excluding hydrogens is 248 g/mol. The molecule has 0 spiro atoms. The van der Waals surface area contributed by atoms with Gasteiger partial charge in [-0.1, -0.05) is 15.9 Å². The van der Waals surface area contributed by atoms with E-state index in [0.717, 1.165) is 22.2 Å². The van der Waals surface area contributed by atoms with Gasteiger partial charge in [-0.2, -0.15) is 0 Å². The van der Waals surface area contributed by atoms with Crippen LogP contribution in [0.2, 0.25) is 0 Å². The number of halogens is 1. The molecule has 5 heteroatoms. The van der Waals surface area contributed by atoms with Crippen LogP contribution in [0.5, 0.6) is 0 Å². The Morgan fingerprint density at radius 3 is 3.14 bits per heavy atom. The first kappa shape index (κ1) is 9.45. The minimum Gasteiger partial charge on any atom is -0.465 e. The van der Waals surface area contributed by atoms with Gasteiger partial charge in [0.05, 0.1) is 12.2 Å². The number of pyridine rings is 1. The van der Waals surface area contributed by atoms with Gasteiger partial charge in [0, 0.05) is 17.2 Å². The number of carboxylic acid groups (broad SMARTS) is 1. The molecule has 2 rings (SSSR count). The molecule has 1 amide bonds. The molecule has 1 aliphatic rings. The molecule has 0 aliphatic carbocycles. The van der Waals surface area contributed by atoms with Gasteiger partial charge in [0.1, 0.15) is 0 Å². The SMILES string of the molecule is O=C(O)N1CCc2c(Br)ccnc2C1. The van der Waals surface area contributed by atoms with Crippen molar-refractivity contribution < 1.29 is 9.90 Å². The third-order valence-electron chi connectivity index (χ3n) is 2.33. The molecule has 0 aromatic carbocycles. The Balaban J connectivity index is 2.31. The first-order chi connectivity index (χ1) is 6.68. The average molecular weight is 257 g/mol. The second-order valence-corrected chi connectivity index (χ2v) is 4.03. The Kier molecular flexibility index (Phi) is 2.41. The first-order valence-electron chi connectivity index (χ1n) is 4.28. The summed E-state index contributed by atoms with van der Waals surface area (Å²) < 4.78 is 1.02. The van der Waals surface area contributed by atoms with Crippen molar-refractivity contribution in [2.24, 2.45) is 0 Å². The van der Waals surface area contributed by atoms with Crippen molar-refractivity contribution in [3.63, 3.8) is 0 Å². The van der Waals surface area contributed by atoms with Crippen molar-refractivity contribution in [3.05, 3.63) is 28.0 Å². The summed E-state index contributed by atoms with van der Waals surface area (Å²) in [6, 6.07) is 1.88.